The van der Waals surface area contributed by atoms with E-state index in [1.54, 1.807) is 10.8 Å². The van der Waals surface area contributed by atoms with Crippen molar-refractivity contribution >= 4 is 21.6 Å². The maximum Gasteiger partial charge on any atom is 0.0630 e. The molecule has 0 amide bonds. The molecule has 0 fully saturated rings. The molecule has 9 heavy (non-hydrogen) atoms. The average molecular weight is 161 g/mol. The summed E-state index contributed by atoms with van der Waals surface area (Å²) >= 11 is 0. The molecule has 0 saturated heterocycles. The largest absolute Gasteiger partial charge is 0.198 e. The first-order valence-electron chi connectivity index (χ1n) is 3.03. The third kappa shape index (κ3) is 8.19. The lowest BCUT2D eigenvalue weighted by Gasteiger charge is -1.92. The molecule has 0 unspecified atom stereocenters. The van der Waals surface area contributed by atoms with Crippen LogP contribution >= 0.6 is 21.6 Å². The first-order chi connectivity index (χ1) is 4.41. The summed E-state index contributed by atoms with van der Waals surface area (Å²) in [5.41, 5.74) is 0. The molecular formula is C6H11NS2. The number of nitriles is 1. The van der Waals surface area contributed by atoms with E-state index in [-0.39, 0.29) is 0 Å². The molecular weight excluding hydrogens is 150 g/mol. The van der Waals surface area contributed by atoms with Gasteiger partial charge >= 0.3 is 0 Å². The summed E-state index contributed by atoms with van der Waals surface area (Å²) in [7, 11) is 3.66. The van der Waals surface area contributed by atoms with Crippen LogP contribution in [0.5, 0.6) is 0 Å². The van der Waals surface area contributed by atoms with E-state index in [2.05, 4.69) is 13.0 Å². The molecule has 0 N–H and O–H groups in total. The average Bonchev–Trinajstić information content (AvgIpc) is 1.89. The molecule has 0 aromatic carbocycles. The fourth-order valence-corrected chi connectivity index (χ4v) is 2.32. The molecule has 1 nitrogen and oxygen atoms in total. The number of nitrogens with zero attached hydrogens (tertiary/aromatic N) is 1. The van der Waals surface area contributed by atoms with E-state index < -0.39 is 0 Å². The van der Waals surface area contributed by atoms with Gasteiger partial charge < -0.3 is 0 Å². The Hall–Kier alpha value is 0.190. The second-order valence-electron chi connectivity index (χ2n) is 1.55. The third-order valence-electron chi connectivity index (χ3n) is 0.668. The van der Waals surface area contributed by atoms with Crippen LogP contribution in [0.3, 0.4) is 0 Å². The number of rotatable bonds is 5. The zero-order valence-electron chi connectivity index (χ0n) is 5.59. The maximum absolute atomic E-state index is 8.15. The van der Waals surface area contributed by atoms with E-state index in [4.69, 9.17) is 5.26 Å². The van der Waals surface area contributed by atoms with Crippen LogP contribution in [0.15, 0.2) is 0 Å². The van der Waals surface area contributed by atoms with Gasteiger partial charge in [-0.2, -0.15) is 5.26 Å². The maximum atomic E-state index is 8.15. The Balaban J connectivity index is 2.69. The van der Waals surface area contributed by atoms with Gasteiger partial charge in [-0.3, -0.25) is 0 Å². The highest BCUT2D eigenvalue weighted by Crippen LogP contribution is 2.21. The summed E-state index contributed by atoms with van der Waals surface area (Å²) in [4.78, 5) is 0. The molecule has 0 aliphatic carbocycles. The molecule has 0 atom stereocenters. The van der Waals surface area contributed by atoms with Crippen molar-refractivity contribution in [1.82, 2.24) is 0 Å². The van der Waals surface area contributed by atoms with E-state index >= 15 is 0 Å². The lowest BCUT2D eigenvalue weighted by Crippen LogP contribution is -1.72. The number of hydrogen-bond donors (Lipinski definition) is 0. The quantitative estimate of drug-likeness (QED) is 0.457. The monoisotopic (exact) mass is 161 g/mol. The molecule has 0 bridgehead atoms. The molecule has 0 aromatic heterocycles. The summed E-state index contributed by atoms with van der Waals surface area (Å²) in [5, 5.41) is 8.15. The summed E-state index contributed by atoms with van der Waals surface area (Å²) in [6, 6.07) is 2.11. The highest BCUT2D eigenvalue weighted by molar-refractivity contribution is 8.76. The smallest absolute Gasteiger partial charge is 0.0630 e. The van der Waals surface area contributed by atoms with Crippen molar-refractivity contribution in [1.29, 1.82) is 5.26 Å². The molecule has 0 aliphatic rings. The second kappa shape index (κ2) is 8.19. The fraction of sp³-hybridized carbons (Fsp3) is 0.833. The molecule has 0 spiro atoms. The van der Waals surface area contributed by atoms with Crippen molar-refractivity contribution in [2.45, 2.75) is 19.8 Å². The van der Waals surface area contributed by atoms with Crippen molar-refractivity contribution < 1.29 is 0 Å². The molecule has 0 aliphatic heterocycles. The van der Waals surface area contributed by atoms with E-state index in [9.17, 15) is 0 Å². The molecule has 0 rings (SSSR count). The van der Waals surface area contributed by atoms with E-state index in [1.807, 2.05) is 10.8 Å². The van der Waals surface area contributed by atoms with E-state index in [1.165, 1.54) is 12.2 Å². The lowest BCUT2D eigenvalue weighted by molar-refractivity contribution is 1.11. The van der Waals surface area contributed by atoms with Crippen LogP contribution in [0.1, 0.15) is 19.8 Å². The van der Waals surface area contributed by atoms with Crippen LogP contribution in [0.4, 0.5) is 0 Å². The first-order valence-corrected chi connectivity index (χ1v) is 5.52. The Morgan fingerprint density at radius 3 is 2.56 bits per heavy atom. The van der Waals surface area contributed by atoms with Crippen LogP contribution < -0.4 is 0 Å². The highest BCUT2D eigenvalue weighted by Gasteiger charge is 1.86. The molecule has 0 radical (unpaired) electrons. The summed E-state index contributed by atoms with van der Waals surface area (Å²) in [6.07, 6.45) is 1.91. The minimum absolute atomic E-state index is 0.682. The van der Waals surface area contributed by atoms with Gasteiger partial charge in [0.2, 0.25) is 0 Å². The fourth-order valence-electron chi connectivity index (χ4n) is 0.288. The van der Waals surface area contributed by atoms with Gasteiger partial charge in [0.15, 0.2) is 0 Å². The lowest BCUT2D eigenvalue weighted by atomic mass is 10.6. The van der Waals surface area contributed by atoms with E-state index in [0.29, 0.717) is 6.42 Å². The molecule has 0 aromatic rings. The van der Waals surface area contributed by atoms with Crippen molar-refractivity contribution in [2.24, 2.45) is 0 Å². The van der Waals surface area contributed by atoms with E-state index in [0.717, 1.165) is 5.75 Å². The predicted octanol–water partition coefficient (Wildman–Crippen LogP) is 2.69. The molecule has 0 saturated carbocycles. The summed E-state index contributed by atoms with van der Waals surface area (Å²) < 4.78 is 0. The van der Waals surface area contributed by atoms with Gasteiger partial charge in [0, 0.05) is 17.9 Å². The topological polar surface area (TPSA) is 23.8 Å². The Kier molecular flexibility index (Phi) is 8.36. The van der Waals surface area contributed by atoms with Gasteiger partial charge in [-0.15, -0.1) is 0 Å². The van der Waals surface area contributed by atoms with Crippen molar-refractivity contribution in [3.63, 3.8) is 0 Å². The minimum atomic E-state index is 0.682. The third-order valence-corrected chi connectivity index (χ3v) is 3.28. The van der Waals surface area contributed by atoms with Gasteiger partial charge in [-0.25, -0.2) is 0 Å². The Bertz CT molecular complexity index is 87.5. The zero-order chi connectivity index (χ0) is 6.95. The Morgan fingerprint density at radius 2 is 2.00 bits per heavy atom. The zero-order valence-corrected chi connectivity index (χ0v) is 7.23. The number of hydrogen-bond acceptors (Lipinski definition) is 3. The molecule has 52 valence electrons. The van der Waals surface area contributed by atoms with Gasteiger partial charge in [-0.05, 0) is 6.42 Å². The SMILES string of the molecule is CCCSSCCC#N. The summed E-state index contributed by atoms with van der Waals surface area (Å²) in [5.74, 6) is 2.18. The molecule has 3 heteroatoms. The standard InChI is InChI=1S/C6H11NS2/c1-2-5-8-9-6-3-4-7/h2-3,5-6H2,1H3. The van der Waals surface area contributed by atoms with Crippen molar-refractivity contribution in [3.05, 3.63) is 0 Å². The van der Waals surface area contributed by atoms with Gasteiger partial charge in [0.25, 0.3) is 0 Å². The van der Waals surface area contributed by atoms with Crippen molar-refractivity contribution in [3.8, 4) is 6.07 Å². The molecule has 0 heterocycles. The van der Waals surface area contributed by atoms with Gasteiger partial charge in [-0.1, -0.05) is 28.5 Å². The van der Waals surface area contributed by atoms with Crippen LogP contribution in [0.2, 0.25) is 0 Å². The van der Waals surface area contributed by atoms with Crippen LogP contribution in [0, 0.1) is 11.3 Å². The van der Waals surface area contributed by atoms with Gasteiger partial charge in [0.1, 0.15) is 0 Å². The summed E-state index contributed by atoms with van der Waals surface area (Å²) in [6.45, 7) is 2.16. The van der Waals surface area contributed by atoms with Crippen molar-refractivity contribution in [2.75, 3.05) is 11.5 Å². The second-order valence-corrected chi connectivity index (χ2v) is 4.25. The van der Waals surface area contributed by atoms with Gasteiger partial charge in [0.05, 0.1) is 6.07 Å². The normalized spacial score (nSPS) is 8.89. The predicted molar refractivity (Wildman–Crippen MR) is 45.4 cm³/mol. The Labute approximate surface area is 64.6 Å². The minimum Gasteiger partial charge on any atom is -0.198 e. The Morgan fingerprint density at radius 1 is 1.33 bits per heavy atom. The first kappa shape index (κ1) is 9.19. The van der Waals surface area contributed by atoms with Crippen LogP contribution in [-0.2, 0) is 0 Å². The van der Waals surface area contributed by atoms with Crippen LogP contribution in [-0.4, -0.2) is 11.5 Å². The highest BCUT2D eigenvalue weighted by atomic mass is 33.1. The van der Waals surface area contributed by atoms with Crippen LogP contribution in [0.25, 0.3) is 0 Å².